The van der Waals surface area contributed by atoms with Gasteiger partial charge in [-0.25, -0.2) is 0 Å². The molecule has 0 unspecified atom stereocenters. The lowest BCUT2D eigenvalue weighted by atomic mass is 9.92. The molecule has 0 spiro atoms. The Balaban J connectivity index is 1.30. The SMILES string of the molecule is Cc1cc(N2CCC(CC(=O)N3CCc4ccccc4C3)CC2)nnc1C. The second-order valence-corrected chi connectivity index (χ2v) is 7.94. The highest BCUT2D eigenvalue weighted by Crippen LogP contribution is 2.26. The lowest BCUT2D eigenvalue weighted by molar-refractivity contribution is -0.133. The van der Waals surface area contributed by atoms with Crippen molar-refractivity contribution in [3.8, 4) is 0 Å². The van der Waals surface area contributed by atoms with Crippen molar-refractivity contribution in [2.45, 2.75) is 46.1 Å². The van der Waals surface area contributed by atoms with Crippen LogP contribution in [0.15, 0.2) is 30.3 Å². The van der Waals surface area contributed by atoms with E-state index < -0.39 is 0 Å². The number of piperidine rings is 1. The van der Waals surface area contributed by atoms with E-state index >= 15 is 0 Å². The Morgan fingerprint density at radius 1 is 1.07 bits per heavy atom. The van der Waals surface area contributed by atoms with Crippen LogP contribution in [0.2, 0.25) is 0 Å². The predicted octanol–water partition coefficient (Wildman–Crippen LogP) is 3.28. The number of aromatic nitrogens is 2. The van der Waals surface area contributed by atoms with Crippen molar-refractivity contribution < 1.29 is 4.79 Å². The Labute approximate surface area is 161 Å². The minimum atomic E-state index is 0.314. The summed E-state index contributed by atoms with van der Waals surface area (Å²) in [6.45, 7) is 7.60. The van der Waals surface area contributed by atoms with Gasteiger partial charge < -0.3 is 9.80 Å². The molecule has 1 aromatic carbocycles. The van der Waals surface area contributed by atoms with Gasteiger partial charge in [0.25, 0.3) is 0 Å². The Kier molecular flexibility index (Phi) is 5.10. The summed E-state index contributed by atoms with van der Waals surface area (Å²) in [5.74, 6) is 1.76. The highest BCUT2D eigenvalue weighted by molar-refractivity contribution is 5.76. The van der Waals surface area contributed by atoms with Crippen LogP contribution in [0.4, 0.5) is 5.82 Å². The molecule has 1 saturated heterocycles. The van der Waals surface area contributed by atoms with Crippen LogP contribution < -0.4 is 4.90 Å². The van der Waals surface area contributed by atoms with Crippen molar-refractivity contribution in [2.24, 2.45) is 5.92 Å². The van der Waals surface area contributed by atoms with Crippen molar-refractivity contribution in [1.82, 2.24) is 15.1 Å². The highest BCUT2D eigenvalue weighted by Gasteiger charge is 2.26. The van der Waals surface area contributed by atoms with E-state index in [1.54, 1.807) is 0 Å². The molecule has 5 heteroatoms. The smallest absolute Gasteiger partial charge is 0.223 e. The van der Waals surface area contributed by atoms with E-state index in [4.69, 9.17) is 0 Å². The lowest BCUT2D eigenvalue weighted by Crippen LogP contribution is -2.39. The Morgan fingerprint density at radius 2 is 1.81 bits per heavy atom. The van der Waals surface area contributed by atoms with Crippen LogP contribution in [0.1, 0.15) is 41.6 Å². The van der Waals surface area contributed by atoms with Gasteiger partial charge in [-0.3, -0.25) is 4.79 Å². The molecule has 142 valence electrons. The molecule has 2 aromatic rings. The minimum absolute atomic E-state index is 0.314. The third kappa shape index (κ3) is 3.97. The van der Waals surface area contributed by atoms with Crippen LogP contribution >= 0.6 is 0 Å². The molecular formula is C22H28N4O. The number of rotatable bonds is 3. The molecule has 1 aromatic heterocycles. The van der Waals surface area contributed by atoms with Crippen molar-refractivity contribution in [3.63, 3.8) is 0 Å². The van der Waals surface area contributed by atoms with Gasteiger partial charge in [-0.05, 0) is 61.8 Å². The zero-order valence-corrected chi connectivity index (χ0v) is 16.3. The van der Waals surface area contributed by atoms with Crippen molar-refractivity contribution in [2.75, 3.05) is 24.5 Å². The molecular weight excluding hydrogens is 336 g/mol. The molecule has 1 fully saturated rings. The molecule has 0 aliphatic carbocycles. The van der Waals surface area contributed by atoms with Crippen molar-refractivity contribution in [3.05, 3.63) is 52.7 Å². The number of aryl methyl sites for hydroxylation is 2. The second kappa shape index (κ2) is 7.67. The van der Waals surface area contributed by atoms with Gasteiger partial charge in [-0.1, -0.05) is 24.3 Å². The number of anilines is 1. The lowest BCUT2D eigenvalue weighted by Gasteiger charge is -2.34. The third-order valence-electron chi connectivity index (χ3n) is 6.10. The standard InChI is InChI=1S/C22H28N4O/c1-16-13-21(24-23-17(16)2)25-10-7-18(8-11-25)14-22(27)26-12-9-19-5-3-4-6-20(19)15-26/h3-6,13,18H,7-12,14-15H2,1-2H3. The maximum atomic E-state index is 12.8. The predicted molar refractivity (Wildman–Crippen MR) is 107 cm³/mol. The quantitative estimate of drug-likeness (QED) is 0.839. The summed E-state index contributed by atoms with van der Waals surface area (Å²) in [6, 6.07) is 10.6. The first-order valence-corrected chi connectivity index (χ1v) is 10.0. The summed E-state index contributed by atoms with van der Waals surface area (Å²) >= 11 is 0. The van der Waals surface area contributed by atoms with E-state index in [9.17, 15) is 4.79 Å². The van der Waals surface area contributed by atoms with Crippen LogP contribution in [0.5, 0.6) is 0 Å². The van der Waals surface area contributed by atoms with E-state index in [-0.39, 0.29) is 0 Å². The second-order valence-electron chi connectivity index (χ2n) is 7.94. The number of hydrogen-bond acceptors (Lipinski definition) is 4. The molecule has 0 atom stereocenters. The average molecular weight is 364 g/mol. The molecule has 0 saturated carbocycles. The zero-order valence-electron chi connectivity index (χ0n) is 16.3. The van der Waals surface area contributed by atoms with Gasteiger partial charge in [0.05, 0.1) is 5.69 Å². The molecule has 2 aliphatic rings. The van der Waals surface area contributed by atoms with Gasteiger partial charge in [0.2, 0.25) is 5.91 Å². The van der Waals surface area contributed by atoms with E-state index in [0.29, 0.717) is 18.2 Å². The summed E-state index contributed by atoms with van der Waals surface area (Å²) in [7, 11) is 0. The summed E-state index contributed by atoms with van der Waals surface area (Å²) in [5.41, 5.74) is 4.87. The van der Waals surface area contributed by atoms with Crippen molar-refractivity contribution in [1.29, 1.82) is 0 Å². The molecule has 0 N–H and O–H groups in total. The van der Waals surface area contributed by atoms with Crippen molar-refractivity contribution >= 4 is 11.7 Å². The average Bonchev–Trinajstić information content (AvgIpc) is 2.70. The maximum Gasteiger partial charge on any atom is 0.223 e. The van der Waals surface area contributed by atoms with E-state index in [1.165, 1.54) is 16.7 Å². The third-order valence-corrected chi connectivity index (χ3v) is 6.10. The number of amides is 1. The minimum Gasteiger partial charge on any atom is -0.355 e. The first-order valence-electron chi connectivity index (χ1n) is 10.0. The summed E-state index contributed by atoms with van der Waals surface area (Å²) in [5, 5.41) is 8.59. The molecule has 3 heterocycles. The van der Waals surface area contributed by atoms with Gasteiger partial charge in [0, 0.05) is 32.6 Å². The topological polar surface area (TPSA) is 49.3 Å². The van der Waals surface area contributed by atoms with Crippen LogP contribution in [-0.2, 0) is 17.8 Å². The molecule has 27 heavy (non-hydrogen) atoms. The molecule has 0 bridgehead atoms. The van der Waals surface area contributed by atoms with Crippen LogP contribution in [0.25, 0.3) is 0 Å². The van der Waals surface area contributed by atoms with Gasteiger partial charge in [-0.15, -0.1) is 5.10 Å². The number of hydrogen-bond donors (Lipinski definition) is 0. The number of fused-ring (bicyclic) bond motifs is 1. The van der Waals surface area contributed by atoms with E-state index in [2.05, 4.69) is 52.4 Å². The first-order chi connectivity index (χ1) is 13.1. The molecule has 2 aliphatic heterocycles. The van der Waals surface area contributed by atoms with Crippen LogP contribution in [-0.4, -0.2) is 40.6 Å². The molecule has 5 nitrogen and oxygen atoms in total. The van der Waals surface area contributed by atoms with Gasteiger partial charge in [0.15, 0.2) is 5.82 Å². The maximum absolute atomic E-state index is 12.8. The monoisotopic (exact) mass is 364 g/mol. The first kappa shape index (κ1) is 18.0. The van der Waals surface area contributed by atoms with Crippen LogP contribution in [0.3, 0.4) is 0 Å². The van der Waals surface area contributed by atoms with Crippen LogP contribution in [0, 0.1) is 19.8 Å². The number of nitrogens with zero attached hydrogens (tertiary/aromatic N) is 4. The molecule has 1 amide bonds. The highest BCUT2D eigenvalue weighted by atomic mass is 16.2. The Hall–Kier alpha value is -2.43. The van der Waals surface area contributed by atoms with Gasteiger partial charge in [0.1, 0.15) is 0 Å². The normalized spacial score (nSPS) is 17.7. The van der Waals surface area contributed by atoms with E-state index in [1.807, 2.05) is 11.8 Å². The van der Waals surface area contributed by atoms with E-state index in [0.717, 1.165) is 57.0 Å². The molecule has 0 radical (unpaired) electrons. The van der Waals surface area contributed by atoms with Gasteiger partial charge >= 0.3 is 0 Å². The number of carbonyl (C=O) groups is 1. The summed E-state index contributed by atoms with van der Waals surface area (Å²) in [6.07, 6.45) is 3.75. The fourth-order valence-corrected chi connectivity index (χ4v) is 4.14. The Morgan fingerprint density at radius 3 is 2.56 bits per heavy atom. The Bertz CT molecular complexity index is 827. The molecule has 4 rings (SSSR count). The summed E-state index contributed by atoms with van der Waals surface area (Å²) < 4.78 is 0. The fraction of sp³-hybridized carbons (Fsp3) is 0.500. The van der Waals surface area contributed by atoms with Gasteiger partial charge in [-0.2, -0.15) is 5.10 Å². The fourth-order valence-electron chi connectivity index (χ4n) is 4.14. The summed E-state index contributed by atoms with van der Waals surface area (Å²) in [4.78, 5) is 17.1. The zero-order chi connectivity index (χ0) is 18.8. The number of carbonyl (C=O) groups excluding carboxylic acids is 1. The number of benzene rings is 1. The largest absolute Gasteiger partial charge is 0.355 e.